The van der Waals surface area contributed by atoms with Crippen LogP contribution in [0.15, 0.2) is 16.7 Å². The SMILES string of the molecule is Nc1noc(-c2cc(F)c(F)cc2[N+](=O)[O-])n1. The Morgan fingerprint density at radius 3 is 2.53 bits per heavy atom. The third-order valence-electron chi connectivity index (χ3n) is 1.91. The monoisotopic (exact) mass is 242 g/mol. The quantitative estimate of drug-likeness (QED) is 0.631. The minimum Gasteiger partial charge on any atom is -0.365 e. The van der Waals surface area contributed by atoms with E-state index in [9.17, 15) is 18.9 Å². The second kappa shape index (κ2) is 3.77. The van der Waals surface area contributed by atoms with Gasteiger partial charge in [-0.25, -0.2) is 8.78 Å². The highest BCUT2D eigenvalue weighted by atomic mass is 19.2. The molecule has 1 heterocycles. The fraction of sp³-hybridized carbons (Fsp3) is 0. The third-order valence-corrected chi connectivity index (χ3v) is 1.91. The first-order chi connectivity index (χ1) is 7.99. The molecule has 9 heteroatoms. The van der Waals surface area contributed by atoms with E-state index in [4.69, 9.17) is 5.73 Å². The van der Waals surface area contributed by atoms with Crippen molar-refractivity contribution < 1.29 is 18.2 Å². The topological polar surface area (TPSA) is 108 Å². The number of aromatic nitrogens is 2. The number of hydrogen-bond donors (Lipinski definition) is 1. The molecule has 2 N–H and O–H groups in total. The van der Waals surface area contributed by atoms with Gasteiger partial charge in [0.2, 0.25) is 0 Å². The highest BCUT2D eigenvalue weighted by molar-refractivity contribution is 5.67. The molecule has 0 saturated heterocycles. The number of halogens is 2. The lowest BCUT2D eigenvalue weighted by molar-refractivity contribution is -0.384. The second-order valence-corrected chi connectivity index (χ2v) is 3.00. The van der Waals surface area contributed by atoms with Crippen LogP contribution >= 0.6 is 0 Å². The molecule has 1 aromatic heterocycles. The number of nitrogens with two attached hydrogens (primary N) is 1. The zero-order valence-corrected chi connectivity index (χ0v) is 8.05. The number of benzene rings is 1. The van der Waals surface area contributed by atoms with Crippen molar-refractivity contribution >= 4 is 11.6 Å². The van der Waals surface area contributed by atoms with Crippen LogP contribution in [0.2, 0.25) is 0 Å². The van der Waals surface area contributed by atoms with Crippen LogP contribution in [-0.4, -0.2) is 15.1 Å². The first kappa shape index (κ1) is 10.9. The van der Waals surface area contributed by atoms with Crippen molar-refractivity contribution in [3.05, 3.63) is 33.9 Å². The molecule has 0 aliphatic heterocycles. The lowest BCUT2D eigenvalue weighted by Crippen LogP contribution is -1.96. The summed E-state index contributed by atoms with van der Waals surface area (Å²) in [6.07, 6.45) is 0. The van der Waals surface area contributed by atoms with Crippen molar-refractivity contribution in [3.63, 3.8) is 0 Å². The number of hydrogen-bond acceptors (Lipinski definition) is 6. The van der Waals surface area contributed by atoms with Crippen LogP contribution in [-0.2, 0) is 0 Å². The average Bonchev–Trinajstić information content (AvgIpc) is 2.68. The lowest BCUT2D eigenvalue weighted by atomic mass is 10.1. The van der Waals surface area contributed by atoms with E-state index in [0.717, 1.165) is 0 Å². The number of rotatable bonds is 2. The Bertz CT molecular complexity index is 598. The standard InChI is InChI=1S/C8H4F2N4O3/c9-4-1-3(7-12-8(11)13-17-7)6(14(15)16)2-5(4)10/h1-2H,(H2,11,13). The van der Waals surface area contributed by atoms with Gasteiger partial charge >= 0.3 is 0 Å². The summed E-state index contributed by atoms with van der Waals surface area (Å²) in [6, 6.07) is 1.03. The molecular formula is C8H4F2N4O3. The molecule has 88 valence electrons. The Kier molecular flexibility index (Phi) is 2.42. The minimum atomic E-state index is -1.34. The summed E-state index contributed by atoms with van der Waals surface area (Å²) in [5.74, 6) is -3.22. The van der Waals surface area contributed by atoms with Crippen LogP contribution in [0.1, 0.15) is 0 Å². The molecule has 2 aromatic rings. The number of nitro groups is 1. The zero-order chi connectivity index (χ0) is 12.6. The average molecular weight is 242 g/mol. The lowest BCUT2D eigenvalue weighted by Gasteiger charge is -1.99. The third kappa shape index (κ3) is 1.89. The molecule has 1 aromatic carbocycles. The summed E-state index contributed by atoms with van der Waals surface area (Å²) in [5, 5.41) is 13.9. The maximum absolute atomic E-state index is 13.0. The van der Waals surface area contributed by atoms with Crippen LogP contribution in [0.25, 0.3) is 11.5 Å². The Labute approximate surface area is 92.0 Å². The van der Waals surface area contributed by atoms with Crippen LogP contribution in [0.4, 0.5) is 20.4 Å². The maximum Gasteiger partial charge on any atom is 0.285 e. The van der Waals surface area contributed by atoms with Crippen molar-refractivity contribution in [2.24, 2.45) is 0 Å². The molecule has 0 aliphatic carbocycles. The van der Waals surface area contributed by atoms with E-state index in [1.54, 1.807) is 0 Å². The number of nitrogens with zero attached hydrogens (tertiary/aromatic N) is 3. The fourth-order valence-electron chi connectivity index (χ4n) is 1.20. The van der Waals surface area contributed by atoms with Crippen LogP contribution in [0.3, 0.4) is 0 Å². The molecule has 0 amide bonds. The molecule has 0 atom stereocenters. The van der Waals surface area contributed by atoms with Crippen molar-refractivity contribution in [1.82, 2.24) is 10.1 Å². The molecule has 0 aliphatic rings. The van der Waals surface area contributed by atoms with E-state index in [0.29, 0.717) is 12.1 Å². The summed E-state index contributed by atoms with van der Waals surface area (Å²) in [6.45, 7) is 0. The van der Waals surface area contributed by atoms with Crippen molar-refractivity contribution in [2.45, 2.75) is 0 Å². The van der Waals surface area contributed by atoms with Gasteiger partial charge in [0, 0.05) is 0 Å². The van der Waals surface area contributed by atoms with Crippen LogP contribution in [0.5, 0.6) is 0 Å². The predicted octanol–water partition coefficient (Wildman–Crippen LogP) is 1.51. The van der Waals surface area contributed by atoms with Gasteiger partial charge in [-0.15, -0.1) is 0 Å². The molecule has 0 saturated carbocycles. The largest absolute Gasteiger partial charge is 0.365 e. The first-order valence-corrected chi connectivity index (χ1v) is 4.22. The smallest absolute Gasteiger partial charge is 0.285 e. The van der Waals surface area contributed by atoms with Gasteiger partial charge in [0.05, 0.1) is 11.0 Å². The van der Waals surface area contributed by atoms with E-state index in [-0.39, 0.29) is 17.4 Å². The maximum atomic E-state index is 13.0. The zero-order valence-electron chi connectivity index (χ0n) is 8.05. The van der Waals surface area contributed by atoms with Gasteiger partial charge in [-0.2, -0.15) is 4.98 Å². The first-order valence-electron chi connectivity index (χ1n) is 4.22. The summed E-state index contributed by atoms with van der Waals surface area (Å²) >= 11 is 0. The Hall–Kier alpha value is -2.58. The van der Waals surface area contributed by atoms with E-state index >= 15 is 0 Å². The van der Waals surface area contributed by atoms with Gasteiger partial charge in [-0.05, 0) is 11.2 Å². The summed E-state index contributed by atoms with van der Waals surface area (Å²) in [7, 11) is 0. The van der Waals surface area contributed by atoms with Gasteiger partial charge in [0.15, 0.2) is 11.6 Å². The Morgan fingerprint density at radius 1 is 1.35 bits per heavy atom. The molecule has 2 rings (SSSR count). The summed E-state index contributed by atoms with van der Waals surface area (Å²) < 4.78 is 30.4. The molecule has 7 nitrogen and oxygen atoms in total. The van der Waals surface area contributed by atoms with E-state index < -0.39 is 22.2 Å². The Morgan fingerprint density at radius 2 is 2.00 bits per heavy atom. The molecule has 17 heavy (non-hydrogen) atoms. The minimum absolute atomic E-state index is 0.265. The molecule has 0 radical (unpaired) electrons. The summed E-state index contributed by atoms with van der Waals surface area (Å²) in [5.41, 5.74) is 4.13. The van der Waals surface area contributed by atoms with Gasteiger partial charge in [-0.1, -0.05) is 0 Å². The molecule has 0 fully saturated rings. The summed E-state index contributed by atoms with van der Waals surface area (Å²) in [4.78, 5) is 13.3. The Balaban J connectivity index is 2.67. The predicted molar refractivity (Wildman–Crippen MR) is 50.7 cm³/mol. The van der Waals surface area contributed by atoms with Crippen LogP contribution in [0, 0.1) is 21.7 Å². The molecule has 0 spiro atoms. The molecular weight excluding hydrogens is 238 g/mol. The van der Waals surface area contributed by atoms with Gasteiger partial charge in [-0.3, -0.25) is 10.1 Å². The number of nitro benzene ring substituents is 1. The van der Waals surface area contributed by atoms with Crippen molar-refractivity contribution in [3.8, 4) is 11.5 Å². The van der Waals surface area contributed by atoms with Gasteiger partial charge in [0.1, 0.15) is 5.56 Å². The molecule has 0 unspecified atom stereocenters. The highest BCUT2D eigenvalue weighted by Gasteiger charge is 2.23. The fourth-order valence-corrected chi connectivity index (χ4v) is 1.20. The van der Waals surface area contributed by atoms with E-state index in [2.05, 4.69) is 14.7 Å². The van der Waals surface area contributed by atoms with Crippen LogP contribution < -0.4 is 5.73 Å². The van der Waals surface area contributed by atoms with Crippen molar-refractivity contribution in [1.29, 1.82) is 0 Å². The van der Waals surface area contributed by atoms with E-state index in [1.165, 1.54) is 0 Å². The second-order valence-electron chi connectivity index (χ2n) is 3.00. The number of nitrogen functional groups attached to an aromatic ring is 1. The normalized spacial score (nSPS) is 10.5. The van der Waals surface area contributed by atoms with Crippen molar-refractivity contribution in [2.75, 3.05) is 5.73 Å². The highest BCUT2D eigenvalue weighted by Crippen LogP contribution is 2.30. The van der Waals surface area contributed by atoms with Gasteiger partial charge < -0.3 is 10.3 Å². The van der Waals surface area contributed by atoms with E-state index in [1.807, 2.05) is 0 Å². The number of anilines is 1. The molecule has 0 bridgehead atoms. The van der Waals surface area contributed by atoms with Gasteiger partial charge in [0.25, 0.3) is 17.5 Å².